The van der Waals surface area contributed by atoms with Crippen LogP contribution in [-0.2, 0) is 6.42 Å². The molecule has 0 saturated heterocycles. The molecule has 0 radical (unpaired) electrons. The highest BCUT2D eigenvalue weighted by atomic mass is 16.4. The number of aryl methyl sites for hydroxylation is 1. The molecular formula is C13H14N4O2. The lowest BCUT2D eigenvalue weighted by Gasteiger charge is -2.15. The maximum absolute atomic E-state index is 11.1. The third-order valence-electron chi connectivity index (χ3n) is 3.39. The van der Waals surface area contributed by atoms with E-state index in [1.807, 2.05) is 6.20 Å². The van der Waals surface area contributed by atoms with Gasteiger partial charge in [0.15, 0.2) is 0 Å². The van der Waals surface area contributed by atoms with Crippen LogP contribution in [0.5, 0.6) is 0 Å². The number of aromatic nitrogens is 3. The van der Waals surface area contributed by atoms with E-state index in [1.54, 1.807) is 24.5 Å². The number of pyridine rings is 1. The van der Waals surface area contributed by atoms with Gasteiger partial charge < -0.3 is 15.0 Å². The minimum Gasteiger partial charge on any atom is -0.478 e. The zero-order valence-electron chi connectivity index (χ0n) is 10.3. The summed E-state index contributed by atoms with van der Waals surface area (Å²) in [6.07, 6.45) is 7.33. The molecule has 0 amide bonds. The van der Waals surface area contributed by atoms with Crippen molar-refractivity contribution in [1.29, 1.82) is 0 Å². The average molecular weight is 258 g/mol. The van der Waals surface area contributed by atoms with Gasteiger partial charge in [-0.1, -0.05) is 0 Å². The van der Waals surface area contributed by atoms with E-state index in [0.717, 1.165) is 18.7 Å². The molecule has 0 spiro atoms. The molecule has 1 atom stereocenters. The predicted octanol–water partition coefficient (Wildman–Crippen LogP) is 1.58. The minimum atomic E-state index is -0.967. The predicted molar refractivity (Wildman–Crippen MR) is 69.3 cm³/mol. The van der Waals surface area contributed by atoms with Crippen molar-refractivity contribution >= 4 is 11.8 Å². The van der Waals surface area contributed by atoms with E-state index in [-0.39, 0.29) is 5.56 Å². The lowest BCUT2D eigenvalue weighted by Crippen LogP contribution is -2.17. The Bertz CT molecular complexity index is 608. The molecule has 1 aliphatic heterocycles. The summed E-state index contributed by atoms with van der Waals surface area (Å²) >= 11 is 0. The third-order valence-corrected chi connectivity index (χ3v) is 3.39. The zero-order chi connectivity index (χ0) is 13.2. The van der Waals surface area contributed by atoms with E-state index in [9.17, 15) is 4.79 Å². The van der Waals surface area contributed by atoms with Crippen molar-refractivity contribution in [3.05, 3.63) is 42.1 Å². The zero-order valence-corrected chi connectivity index (χ0v) is 10.3. The van der Waals surface area contributed by atoms with E-state index < -0.39 is 5.97 Å². The Kier molecular flexibility index (Phi) is 2.91. The summed E-state index contributed by atoms with van der Waals surface area (Å²) in [5.74, 6) is 0.542. The van der Waals surface area contributed by atoms with Gasteiger partial charge in [-0.2, -0.15) is 0 Å². The van der Waals surface area contributed by atoms with E-state index in [1.165, 1.54) is 0 Å². The molecule has 6 heteroatoms. The molecule has 2 aromatic heterocycles. The Morgan fingerprint density at radius 3 is 3.21 bits per heavy atom. The van der Waals surface area contributed by atoms with Gasteiger partial charge in [0.2, 0.25) is 0 Å². The highest BCUT2D eigenvalue weighted by Gasteiger charge is 2.22. The van der Waals surface area contributed by atoms with Crippen LogP contribution in [0.3, 0.4) is 0 Å². The fourth-order valence-corrected chi connectivity index (χ4v) is 2.44. The fraction of sp³-hybridized carbons (Fsp3) is 0.308. The molecule has 3 heterocycles. The number of carbonyl (C=O) groups is 1. The summed E-state index contributed by atoms with van der Waals surface area (Å²) in [6, 6.07) is 3.48. The molecular weight excluding hydrogens is 244 g/mol. The molecule has 0 bridgehead atoms. The molecule has 2 N–H and O–H groups in total. The molecule has 2 aromatic rings. The van der Waals surface area contributed by atoms with Gasteiger partial charge in [-0.25, -0.2) is 14.8 Å². The molecule has 0 saturated carbocycles. The Hall–Kier alpha value is -2.37. The maximum Gasteiger partial charge on any atom is 0.339 e. The normalized spacial score (nSPS) is 17.2. The van der Waals surface area contributed by atoms with Gasteiger partial charge in [-0.3, -0.25) is 0 Å². The Morgan fingerprint density at radius 1 is 1.47 bits per heavy atom. The quantitative estimate of drug-likeness (QED) is 0.870. The summed E-state index contributed by atoms with van der Waals surface area (Å²) in [7, 11) is 0. The average Bonchev–Trinajstić information content (AvgIpc) is 3.00. The highest BCUT2D eigenvalue weighted by Crippen LogP contribution is 2.25. The van der Waals surface area contributed by atoms with Gasteiger partial charge in [-0.15, -0.1) is 0 Å². The number of fused-ring (bicyclic) bond motifs is 1. The van der Waals surface area contributed by atoms with Crippen LogP contribution in [-0.4, -0.2) is 32.2 Å². The van der Waals surface area contributed by atoms with Crippen LogP contribution in [0.4, 0.5) is 5.82 Å². The first-order chi connectivity index (χ1) is 9.25. The van der Waals surface area contributed by atoms with Crippen molar-refractivity contribution in [2.24, 2.45) is 0 Å². The number of carboxylic acid groups (broad SMARTS) is 1. The molecule has 1 aliphatic rings. The lowest BCUT2D eigenvalue weighted by molar-refractivity contribution is 0.0697. The Morgan fingerprint density at radius 2 is 2.37 bits per heavy atom. The third kappa shape index (κ3) is 2.16. The first kappa shape index (κ1) is 11.7. The van der Waals surface area contributed by atoms with E-state index in [4.69, 9.17) is 5.11 Å². The van der Waals surface area contributed by atoms with Crippen LogP contribution in [0.15, 0.2) is 30.7 Å². The van der Waals surface area contributed by atoms with Crippen molar-refractivity contribution in [1.82, 2.24) is 14.5 Å². The van der Waals surface area contributed by atoms with Gasteiger partial charge in [0.25, 0.3) is 0 Å². The standard InChI is InChI=1S/C13H14N4O2/c18-13(19)10-2-1-5-15-12(10)16-8-9-3-4-11-14-6-7-17(9)11/h1-2,5-7,9H,3-4,8H2,(H,15,16)(H,18,19)/t9-/m1/s1. The molecule has 6 nitrogen and oxygen atoms in total. The minimum absolute atomic E-state index is 0.200. The number of aromatic carboxylic acids is 1. The summed E-state index contributed by atoms with van der Waals surface area (Å²) < 4.78 is 2.14. The van der Waals surface area contributed by atoms with Crippen molar-refractivity contribution in [2.45, 2.75) is 18.9 Å². The number of hydrogen-bond donors (Lipinski definition) is 2. The largest absolute Gasteiger partial charge is 0.478 e. The number of rotatable bonds is 4. The van der Waals surface area contributed by atoms with Crippen molar-refractivity contribution in [3.8, 4) is 0 Å². The van der Waals surface area contributed by atoms with Gasteiger partial charge in [-0.05, 0) is 18.6 Å². The lowest BCUT2D eigenvalue weighted by atomic mass is 10.2. The molecule has 0 unspecified atom stereocenters. The number of nitrogens with one attached hydrogen (secondary N) is 1. The fourth-order valence-electron chi connectivity index (χ4n) is 2.44. The van der Waals surface area contributed by atoms with Gasteiger partial charge >= 0.3 is 5.97 Å². The van der Waals surface area contributed by atoms with E-state index >= 15 is 0 Å². The topological polar surface area (TPSA) is 80.0 Å². The number of hydrogen-bond acceptors (Lipinski definition) is 4. The second kappa shape index (κ2) is 4.72. The van der Waals surface area contributed by atoms with Crippen LogP contribution in [0.2, 0.25) is 0 Å². The second-order valence-corrected chi connectivity index (χ2v) is 4.53. The number of anilines is 1. The molecule has 0 aromatic carbocycles. The summed E-state index contributed by atoms with van der Waals surface area (Å²) in [6.45, 7) is 0.653. The monoisotopic (exact) mass is 258 g/mol. The Balaban J connectivity index is 1.73. The molecule has 19 heavy (non-hydrogen) atoms. The maximum atomic E-state index is 11.1. The summed E-state index contributed by atoms with van der Waals surface area (Å²) in [4.78, 5) is 19.4. The van der Waals surface area contributed by atoms with Gasteiger partial charge in [0.1, 0.15) is 17.2 Å². The SMILES string of the molecule is O=C(O)c1cccnc1NC[C@H]1CCc2nccn21. The van der Waals surface area contributed by atoms with Gasteiger partial charge in [0.05, 0.1) is 6.04 Å². The summed E-state index contributed by atoms with van der Waals surface area (Å²) in [5, 5.41) is 12.2. The van der Waals surface area contributed by atoms with E-state index in [0.29, 0.717) is 18.4 Å². The summed E-state index contributed by atoms with van der Waals surface area (Å²) in [5.41, 5.74) is 0.200. The van der Waals surface area contributed by atoms with Crippen LogP contribution in [0, 0.1) is 0 Å². The first-order valence-electron chi connectivity index (χ1n) is 6.19. The smallest absolute Gasteiger partial charge is 0.339 e. The number of carboxylic acids is 1. The molecule has 0 aliphatic carbocycles. The van der Waals surface area contributed by atoms with E-state index in [2.05, 4.69) is 19.9 Å². The van der Waals surface area contributed by atoms with Crippen LogP contribution in [0.25, 0.3) is 0 Å². The van der Waals surface area contributed by atoms with Crippen molar-refractivity contribution < 1.29 is 9.90 Å². The molecule has 98 valence electrons. The van der Waals surface area contributed by atoms with Crippen LogP contribution < -0.4 is 5.32 Å². The van der Waals surface area contributed by atoms with Crippen LogP contribution >= 0.6 is 0 Å². The van der Waals surface area contributed by atoms with Crippen molar-refractivity contribution in [2.75, 3.05) is 11.9 Å². The highest BCUT2D eigenvalue weighted by molar-refractivity contribution is 5.92. The van der Waals surface area contributed by atoms with Gasteiger partial charge in [0, 0.05) is 31.6 Å². The Labute approximate surface area is 110 Å². The first-order valence-corrected chi connectivity index (χ1v) is 6.19. The van der Waals surface area contributed by atoms with Crippen molar-refractivity contribution in [3.63, 3.8) is 0 Å². The molecule has 3 rings (SSSR count). The number of imidazole rings is 1. The van der Waals surface area contributed by atoms with Crippen LogP contribution in [0.1, 0.15) is 28.6 Å². The molecule has 0 fully saturated rings. The number of nitrogens with zero attached hydrogens (tertiary/aromatic N) is 3. The second-order valence-electron chi connectivity index (χ2n) is 4.53.